The molecule has 1 atom stereocenters. The highest BCUT2D eigenvalue weighted by molar-refractivity contribution is 5.33. The molecule has 0 heterocycles. The van der Waals surface area contributed by atoms with Gasteiger partial charge in [-0.3, -0.25) is 0 Å². The Bertz CT molecular complexity index is 352. The summed E-state index contributed by atoms with van der Waals surface area (Å²) in [6, 6.07) is 8.81. The molecular weight excluding hydrogens is 238 g/mol. The molecule has 0 spiro atoms. The number of ether oxygens (including phenoxy) is 2. The lowest BCUT2D eigenvalue weighted by Crippen LogP contribution is -2.28. The van der Waals surface area contributed by atoms with Crippen LogP contribution in [0.15, 0.2) is 24.3 Å². The second-order valence-electron chi connectivity index (χ2n) is 5.32. The third-order valence-electron chi connectivity index (χ3n) is 2.96. The van der Waals surface area contributed by atoms with E-state index in [9.17, 15) is 0 Å². The maximum absolute atomic E-state index is 5.76. The van der Waals surface area contributed by atoms with Crippen LogP contribution in [0.5, 0.6) is 5.75 Å². The van der Waals surface area contributed by atoms with Crippen LogP contribution in [0.3, 0.4) is 0 Å². The molecule has 1 aromatic carbocycles. The number of hydrogen-bond acceptors (Lipinski definition) is 3. The van der Waals surface area contributed by atoms with E-state index in [1.54, 1.807) is 7.11 Å². The predicted molar refractivity (Wildman–Crippen MR) is 79.8 cm³/mol. The lowest BCUT2D eigenvalue weighted by atomic mass is 10.00. The molecule has 1 aromatic rings. The Morgan fingerprint density at radius 2 is 1.84 bits per heavy atom. The summed E-state index contributed by atoms with van der Waals surface area (Å²) in [6.07, 6.45) is 1.03. The Balaban J connectivity index is 2.51. The zero-order valence-electron chi connectivity index (χ0n) is 12.6. The molecule has 1 N–H and O–H groups in total. The summed E-state index contributed by atoms with van der Waals surface area (Å²) in [7, 11) is 1.69. The first-order valence-corrected chi connectivity index (χ1v) is 7.06. The van der Waals surface area contributed by atoms with Crippen molar-refractivity contribution in [1.82, 2.24) is 5.32 Å². The third-order valence-corrected chi connectivity index (χ3v) is 2.96. The van der Waals surface area contributed by atoms with Crippen molar-refractivity contribution in [2.75, 3.05) is 26.9 Å². The van der Waals surface area contributed by atoms with Crippen molar-refractivity contribution in [3.8, 4) is 5.75 Å². The molecule has 0 fully saturated rings. The van der Waals surface area contributed by atoms with Crippen molar-refractivity contribution in [1.29, 1.82) is 0 Å². The predicted octanol–water partition coefficient (Wildman–Crippen LogP) is 2.89. The number of benzene rings is 1. The molecule has 0 aliphatic carbocycles. The van der Waals surface area contributed by atoms with Gasteiger partial charge in [-0.2, -0.15) is 0 Å². The van der Waals surface area contributed by atoms with Crippen LogP contribution in [0.4, 0.5) is 0 Å². The Hall–Kier alpha value is -1.06. The van der Waals surface area contributed by atoms with E-state index in [0.717, 1.165) is 18.7 Å². The number of methoxy groups -OCH3 is 1. The molecule has 0 amide bonds. The van der Waals surface area contributed by atoms with E-state index in [0.29, 0.717) is 25.2 Å². The average molecular weight is 265 g/mol. The smallest absolute Gasteiger partial charge is 0.122 e. The molecule has 1 unspecified atom stereocenters. The fraction of sp³-hybridized carbons (Fsp3) is 0.625. The summed E-state index contributed by atoms with van der Waals surface area (Å²) in [6.45, 7) is 8.87. The van der Waals surface area contributed by atoms with E-state index in [4.69, 9.17) is 9.47 Å². The SMILES string of the molecule is COCCOc1ccccc1CC(C)CNC(C)C. The number of rotatable bonds is 9. The highest BCUT2D eigenvalue weighted by Gasteiger charge is 2.09. The summed E-state index contributed by atoms with van der Waals surface area (Å²) in [5.41, 5.74) is 1.27. The standard InChI is InChI=1S/C16H27NO2/c1-13(2)17-12-14(3)11-15-7-5-6-8-16(15)19-10-9-18-4/h5-8,13-14,17H,9-12H2,1-4H3. The molecule has 0 saturated carbocycles. The first-order valence-electron chi connectivity index (χ1n) is 7.06. The lowest BCUT2D eigenvalue weighted by Gasteiger charge is -2.17. The largest absolute Gasteiger partial charge is 0.491 e. The molecule has 0 aromatic heterocycles. The van der Waals surface area contributed by atoms with Gasteiger partial charge in [0.15, 0.2) is 0 Å². The Morgan fingerprint density at radius 3 is 2.53 bits per heavy atom. The maximum atomic E-state index is 5.76. The highest BCUT2D eigenvalue weighted by Crippen LogP contribution is 2.21. The molecule has 3 nitrogen and oxygen atoms in total. The fourth-order valence-corrected chi connectivity index (χ4v) is 1.93. The normalized spacial score (nSPS) is 12.7. The second-order valence-corrected chi connectivity index (χ2v) is 5.32. The number of nitrogens with one attached hydrogen (secondary N) is 1. The number of para-hydroxylation sites is 1. The van der Waals surface area contributed by atoms with Gasteiger partial charge in [0.1, 0.15) is 12.4 Å². The first kappa shape index (κ1) is 16.0. The van der Waals surface area contributed by atoms with Crippen molar-refractivity contribution in [3.63, 3.8) is 0 Å². The highest BCUT2D eigenvalue weighted by atomic mass is 16.5. The molecule has 0 aliphatic heterocycles. The van der Waals surface area contributed by atoms with Crippen LogP contribution < -0.4 is 10.1 Å². The zero-order valence-corrected chi connectivity index (χ0v) is 12.6. The van der Waals surface area contributed by atoms with Gasteiger partial charge in [0.05, 0.1) is 6.61 Å². The molecule has 3 heteroatoms. The summed E-state index contributed by atoms with van der Waals surface area (Å²) in [5.74, 6) is 1.57. The molecule has 0 saturated heterocycles. The molecular formula is C16H27NO2. The van der Waals surface area contributed by atoms with E-state index in [1.807, 2.05) is 12.1 Å². The van der Waals surface area contributed by atoms with Gasteiger partial charge in [0.2, 0.25) is 0 Å². The lowest BCUT2D eigenvalue weighted by molar-refractivity contribution is 0.145. The van der Waals surface area contributed by atoms with Crippen LogP contribution in [-0.2, 0) is 11.2 Å². The van der Waals surface area contributed by atoms with Crippen LogP contribution in [0.25, 0.3) is 0 Å². The fourth-order valence-electron chi connectivity index (χ4n) is 1.93. The van der Waals surface area contributed by atoms with Gasteiger partial charge in [0, 0.05) is 13.2 Å². The monoisotopic (exact) mass is 265 g/mol. The summed E-state index contributed by atoms with van der Waals surface area (Å²) < 4.78 is 10.8. The van der Waals surface area contributed by atoms with Crippen LogP contribution in [0.2, 0.25) is 0 Å². The third kappa shape index (κ3) is 6.60. The van der Waals surface area contributed by atoms with E-state index < -0.39 is 0 Å². The van der Waals surface area contributed by atoms with E-state index in [-0.39, 0.29) is 0 Å². The average Bonchev–Trinajstić information content (AvgIpc) is 2.39. The van der Waals surface area contributed by atoms with E-state index >= 15 is 0 Å². The second kappa shape index (κ2) is 8.94. The van der Waals surface area contributed by atoms with Crippen LogP contribution in [-0.4, -0.2) is 32.9 Å². The van der Waals surface area contributed by atoms with Gasteiger partial charge in [-0.25, -0.2) is 0 Å². The topological polar surface area (TPSA) is 30.5 Å². The van der Waals surface area contributed by atoms with Gasteiger partial charge in [-0.1, -0.05) is 39.0 Å². The Morgan fingerprint density at radius 1 is 1.11 bits per heavy atom. The van der Waals surface area contributed by atoms with Crippen molar-refractivity contribution in [3.05, 3.63) is 29.8 Å². The van der Waals surface area contributed by atoms with Gasteiger partial charge in [0.25, 0.3) is 0 Å². The molecule has 19 heavy (non-hydrogen) atoms. The Labute approximate surface area is 117 Å². The quantitative estimate of drug-likeness (QED) is 0.696. The summed E-state index contributed by atoms with van der Waals surface area (Å²) in [4.78, 5) is 0. The van der Waals surface area contributed by atoms with Crippen molar-refractivity contribution in [2.45, 2.75) is 33.2 Å². The van der Waals surface area contributed by atoms with Crippen LogP contribution >= 0.6 is 0 Å². The van der Waals surface area contributed by atoms with Gasteiger partial charge in [-0.05, 0) is 30.5 Å². The van der Waals surface area contributed by atoms with Crippen LogP contribution in [0.1, 0.15) is 26.3 Å². The molecule has 0 aliphatic rings. The van der Waals surface area contributed by atoms with Crippen molar-refractivity contribution >= 4 is 0 Å². The van der Waals surface area contributed by atoms with Crippen molar-refractivity contribution in [2.24, 2.45) is 5.92 Å². The van der Waals surface area contributed by atoms with Crippen LogP contribution in [0, 0.1) is 5.92 Å². The molecule has 0 bridgehead atoms. The minimum absolute atomic E-state index is 0.538. The minimum atomic E-state index is 0.538. The first-order chi connectivity index (χ1) is 9.13. The molecule has 1 rings (SSSR count). The van der Waals surface area contributed by atoms with Gasteiger partial charge >= 0.3 is 0 Å². The van der Waals surface area contributed by atoms with Gasteiger partial charge in [-0.15, -0.1) is 0 Å². The van der Waals surface area contributed by atoms with E-state index in [2.05, 4.69) is 38.2 Å². The van der Waals surface area contributed by atoms with E-state index in [1.165, 1.54) is 5.56 Å². The Kier molecular flexibility index (Phi) is 7.53. The summed E-state index contributed by atoms with van der Waals surface area (Å²) >= 11 is 0. The van der Waals surface area contributed by atoms with Crippen molar-refractivity contribution < 1.29 is 9.47 Å². The molecule has 108 valence electrons. The summed E-state index contributed by atoms with van der Waals surface area (Å²) in [5, 5.41) is 3.48. The number of hydrogen-bond donors (Lipinski definition) is 1. The minimum Gasteiger partial charge on any atom is -0.491 e. The maximum Gasteiger partial charge on any atom is 0.122 e. The zero-order chi connectivity index (χ0) is 14.1. The molecule has 0 radical (unpaired) electrons. The van der Waals surface area contributed by atoms with Gasteiger partial charge < -0.3 is 14.8 Å².